The van der Waals surface area contributed by atoms with Gasteiger partial charge in [0.1, 0.15) is 12.2 Å². The van der Waals surface area contributed by atoms with Crippen molar-refractivity contribution in [3.63, 3.8) is 0 Å². The summed E-state index contributed by atoms with van der Waals surface area (Å²) in [4.78, 5) is 43.2. The van der Waals surface area contributed by atoms with Crippen molar-refractivity contribution >= 4 is 35.0 Å². The Kier molecular flexibility index (Phi) is 7.61. The molecule has 3 amide bonds. The number of aromatic carboxylic acids is 1. The molecular weight excluding hydrogens is 573 g/mol. The number of halogens is 3. The maximum Gasteiger partial charge on any atom is 0.417 e. The van der Waals surface area contributed by atoms with Crippen LogP contribution in [0, 0.1) is 11.3 Å². The molecule has 1 fully saturated rings. The molecule has 11 heteroatoms. The van der Waals surface area contributed by atoms with Crippen LogP contribution in [0.3, 0.4) is 0 Å². The molecule has 4 aromatic rings. The molecule has 0 atom stereocenters. The van der Waals surface area contributed by atoms with E-state index >= 15 is 0 Å². The maximum atomic E-state index is 13.9. The lowest BCUT2D eigenvalue weighted by Crippen LogP contribution is -2.48. The van der Waals surface area contributed by atoms with Crippen molar-refractivity contribution in [2.75, 3.05) is 16.5 Å². The molecule has 0 aromatic heterocycles. The van der Waals surface area contributed by atoms with Crippen LogP contribution in [0.15, 0.2) is 97.1 Å². The molecule has 0 unspecified atom stereocenters. The fourth-order valence-electron chi connectivity index (χ4n) is 5.10. The van der Waals surface area contributed by atoms with Gasteiger partial charge in [0.15, 0.2) is 0 Å². The number of anilines is 3. The summed E-state index contributed by atoms with van der Waals surface area (Å²) in [6.07, 6.45) is -4.89. The molecule has 5 rings (SSSR count). The standard InChI is InChI=1S/C33H25F3N4O4/c1-32(2)30(43)40(25-15-13-23(19-37)27(18-25)33(34,35)36)31(44)39(32)20-38(24-11-7-4-8-12-24)28-17-22(29(41)42)14-16-26(28)21-9-5-3-6-10-21/h3-18H,20H2,1-2H3,(H,41,42). The number of nitriles is 1. The number of alkyl halides is 3. The highest BCUT2D eigenvalue weighted by atomic mass is 19.4. The summed E-state index contributed by atoms with van der Waals surface area (Å²) in [6, 6.07) is 25.9. The van der Waals surface area contributed by atoms with Gasteiger partial charge in [-0.05, 0) is 61.9 Å². The van der Waals surface area contributed by atoms with Gasteiger partial charge in [-0.15, -0.1) is 0 Å². The smallest absolute Gasteiger partial charge is 0.417 e. The van der Waals surface area contributed by atoms with E-state index in [1.165, 1.54) is 36.9 Å². The predicted octanol–water partition coefficient (Wildman–Crippen LogP) is 7.29. The maximum absolute atomic E-state index is 13.9. The number of nitrogens with zero attached hydrogens (tertiary/aromatic N) is 4. The minimum Gasteiger partial charge on any atom is -0.478 e. The molecule has 1 aliphatic heterocycles. The predicted molar refractivity (Wildman–Crippen MR) is 157 cm³/mol. The highest BCUT2D eigenvalue weighted by Crippen LogP contribution is 2.41. The lowest BCUT2D eigenvalue weighted by atomic mass is 10.00. The quantitative estimate of drug-likeness (QED) is 0.224. The minimum absolute atomic E-state index is 0.0115. The number of imide groups is 1. The van der Waals surface area contributed by atoms with Gasteiger partial charge in [-0.3, -0.25) is 9.69 Å². The lowest BCUT2D eigenvalue weighted by molar-refractivity contribution is -0.137. The number of hydrogen-bond donors (Lipinski definition) is 1. The number of carbonyl (C=O) groups excluding carboxylic acids is 2. The number of hydrogen-bond acceptors (Lipinski definition) is 5. The van der Waals surface area contributed by atoms with Crippen LogP contribution >= 0.6 is 0 Å². The number of benzene rings is 4. The fourth-order valence-corrected chi connectivity index (χ4v) is 5.10. The van der Waals surface area contributed by atoms with Crippen LogP contribution in [0.4, 0.5) is 35.0 Å². The van der Waals surface area contributed by atoms with Crippen LogP contribution in [0.5, 0.6) is 0 Å². The van der Waals surface area contributed by atoms with Crippen molar-refractivity contribution in [3.8, 4) is 17.2 Å². The Hall–Kier alpha value is -5.63. The minimum atomic E-state index is -4.89. The van der Waals surface area contributed by atoms with Crippen LogP contribution in [0.1, 0.15) is 35.3 Å². The van der Waals surface area contributed by atoms with E-state index in [-0.39, 0.29) is 17.9 Å². The molecule has 1 aliphatic rings. The molecular formula is C33H25F3N4O4. The SMILES string of the molecule is CC1(C)C(=O)N(c2ccc(C#N)c(C(F)(F)F)c2)C(=O)N1CN(c1ccccc1)c1cc(C(=O)O)ccc1-c1ccccc1. The van der Waals surface area contributed by atoms with Gasteiger partial charge in [-0.1, -0.05) is 54.6 Å². The Labute approximate surface area is 250 Å². The molecule has 1 heterocycles. The third kappa shape index (κ3) is 5.33. The first-order valence-electron chi connectivity index (χ1n) is 13.4. The van der Waals surface area contributed by atoms with E-state index < -0.39 is 40.7 Å². The third-order valence-electron chi connectivity index (χ3n) is 7.48. The highest BCUT2D eigenvalue weighted by Gasteiger charge is 2.53. The first kappa shape index (κ1) is 29.8. The normalized spacial score (nSPS) is 14.5. The largest absolute Gasteiger partial charge is 0.478 e. The molecule has 0 bridgehead atoms. The Morgan fingerprint density at radius 1 is 0.932 bits per heavy atom. The van der Waals surface area contributed by atoms with Crippen LogP contribution in [0.2, 0.25) is 0 Å². The second-order valence-corrected chi connectivity index (χ2v) is 10.6. The van der Waals surface area contributed by atoms with Gasteiger partial charge in [-0.2, -0.15) is 18.4 Å². The number of amides is 3. The Bertz CT molecular complexity index is 1800. The molecule has 1 saturated heterocycles. The molecule has 0 radical (unpaired) electrons. The van der Waals surface area contributed by atoms with Crippen molar-refractivity contribution in [3.05, 3.63) is 114 Å². The Morgan fingerprint density at radius 2 is 1.57 bits per heavy atom. The summed E-state index contributed by atoms with van der Waals surface area (Å²) < 4.78 is 41.2. The van der Waals surface area contributed by atoms with Crippen LogP contribution in [0.25, 0.3) is 11.1 Å². The van der Waals surface area contributed by atoms with E-state index in [1.54, 1.807) is 41.3 Å². The zero-order chi connectivity index (χ0) is 31.8. The number of rotatable bonds is 7. The molecule has 8 nitrogen and oxygen atoms in total. The van der Waals surface area contributed by atoms with Crippen molar-refractivity contribution in [2.24, 2.45) is 0 Å². The summed E-state index contributed by atoms with van der Waals surface area (Å²) in [6.45, 7) is 2.70. The van der Waals surface area contributed by atoms with Crippen LogP contribution in [-0.4, -0.2) is 40.1 Å². The Balaban J connectivity index is 1.64. The van der Waals surface area contributed by atoms with E-state index in [4.69, 9.17) is 0 Å². The van der Waals surface area contributed by atoms with Gasteiger partial charge >= 0.3 is 18.2 Å². The lowest BCUT2D eigenvalue weighted by Gasteiger charge is -2.36. The fraction of sp³-hybridized carbons (Fsp3) is 0.152. The first-order valence-corrected chi connectivity index (χ1v) is 13.4. The second kappa shape index (κ2) is 11.2. The van der Waals surface area contributed by atoms with Crippen molar-refractivity contribution in [1.29, 1.82) is 5.26 Å². The summed E-state index contributed by atoms with van der Waals surface area (Å²) >= 11 is 0. The second-order valence-electron chi connectivity index (χ2n) is 10.6. The van der Waals surface area contributed by atoms with Gasteiger partial charge in [0.25, 0.3) is 5.91 Å². The summed E-state index contributed by atoms with van der Waals surface area (Å²) in [5, 5.41) is 19.0. The van der Waals surface area contributed by atoms with Gasteiger partial charge in [0.2, 0.25) is 0 Å². The third-order valence-corrected chi connectivity index (χ3v) is 7.48. The van der Waals surface area contributed by atoms with Gasteiger partial charge in [-0.25, -0.2) is 14.5 Å². The molecule has 0 aliphatic carbocycles. The molecule has 44 heavy (non-hydrogen) atoms. The molecule has 222 valence electrons. The monoisotopic (exact) mass is 598 g/mol. The van der Waals surface area contributed by atoms with Gasteiger partial charge in [0, 0.05) is 11.3 Å². The van der Waals surface area contributed by atoms with Crippen molar-refractivity contribution in [1.82, 2.24) is 4.90 Å². The topological polar surface area (TPSA) is 105 Å². The summed E-state index contributed by atoms with van der Waals surface area (Å²) in [7, 11) is 0. The molecule has 0 spiro atoms. The summed E-state index contributed by atoms with van der Waals surface area (Å²) in [5.41, 5.74) is -1.36. The van der Waals surface area contributed by atoms with E-state index in [2.05, 4.69) is 0 Å². The first-order chi connectivity index (χ1) is 20.8. The van der Waals surface area contributed by atoms with Gasteiger partial charge in [0.05, 0.1) is 34.1 Å². The van der Waals surface area contributed by atoms with E-state index in [0.29, 0.717) is 27.9 Å². The number of carbonyl (C=O) groups is 3. The number of urea groups is 1. The molecule has 1 N–H and O–H groups in total. The van der Waals surface area contributed by atoms with E-state index in [0.717, 1.165) is 17.7 Å². The molecule has 0 saturated carbocycles. The van der Waals surface area contributed by atoms with Gasteiger partial charge < -0.3 is 10.0 Å². The van der Waals surface area contributed by atoms with Crippen LogP contribution in [-0.2, 0) is 11.0 Å². The number of carboxylic acid groups (broad SMARTS) is 1. The average Bonchev–Trinajstić information content (AvgIpc) is 3.18. The number of carboxylic acids is 1. The zero-order valence-electron chi connectivity index (χ0n) is 23.5. The average molecular weight is 599 g/mol. The van der Waals surface area contributed by atoms with Crippen LogP contribution < -0.4 is 9.80 Å². The van der Waals surface area contributed by atoms with E-state index in [9.17, 15) is 37.9 Å². The Morgan fingerprint density at radius 3 is 2.16 bits per heavy atom. The molecule has 4 aromatic carbocycles. The van der Waals surface area contributed by atoms with Crippen molar-refractivity contribution in [2.45, 2.75) is 25.6 Å². The van der Waals surface area contributed by atoms with Crippen molar-refractivity contribution < 1.29 is 32.7 Å². The zero-order valence-corrected chi connectivity index (χ0v) is 23.5. The summed E-state index contributed by atoms with van der Waals surface area (Å²) in [5.74, 6) is -1.94. The highest BCUT2D eigenvalue weighted by molar-refractivity contribution is 6.23. The van der Waals surface area contributed by atoms with E-state index in [1.807, 2.05) is 30.3 Å². The number of para-hydroxylation sites is 1.